The first-order chi connectivity index (χ1) is 11.5. The lowest BCUT2D eigenvalue weighted by Gasteiger charge is -2.05. The normalized spacial score (nSPS) is 10.4. The van der Waals surface area contributed by atoms with Gasteiger partial charge in [0.15, 0.2) is 0 Å². The molecule has 0 spiro atoms. The molecule has 0 fully saturated rings. The zero-order valence-electron chi connectivity index (χ0n) is 12.2. The second-order valence-electron chi connectivity index (χ2n) is 4.60. The third-order valence-corrected chi connectivity index (χ3v) is 3.30. The molecular weight excluding hydrogens is 334 g/mol. The summed E-state index contributed by atoms with van der Waals surface area (Å²) < 4.78 is 0. The summed E-state index contributed by atoms with van der Waals surface area (Å²) in [5.74, 6) is -1.14. The van der Waals surface area contributed by atoms with Crippen LogP contribution in [0.2, 0.25) is 5.02 Å². The monoisotopic (exact) mass is 345 g/mol. The summed E-state index contributed by atoms with van der Waals surface area (Å²) in [5.41, 5.74) is 5.12. The Balaban J connectivity index is 1.90. The predicted octanol–water partition coefficient (Wildman–Crippen LogP) is 2.72. The highest BCUT2D eigenvalue weighted by Gasteiger charge is 2.09. The average Bonchev–Trinajstić information content (AvgIpc) is 2.59. The lowest BCUT2D eigenvalue weighted by atomic mass is 10.2. The van der Waals surface area contributed by atoms with Crippen LogP contribution in [0.4, 0.5) is 5.69 Å². The summed E-state index contributed by atoms with van der Waals surface area (Å²) >= 11 is 5.95. The Bertz CT molecular complexity index is 803. The molecule has 24 heavy (non-hydrogen) atoms. The van der Waals surface area contributed by atoms with Gasteiger partial charge in [-0.1, -0.05) is 29.8 Å². The number of carbonyl (C=O) groups is 2. The van der Waals surface area contributed by atoms with Crippen LogP contribution in [0.3, 0.4) is 0 Å². The Morgan fingerprint density at radius 1 is 1.04 bits per heavy atom. The van der Waals surface area contributed by atoms with Crippen LogP contribution in [0.25, 0.3) is 6.08 Å². The molecule has 0 aliphatic heterocycles. The largest absolute Gasteiger partial charge is 0.269 e. The summed E-state index contributed by atoms with van der Waals surface area (Å²) in [6, 6.07) is 12.0. The number of hydrazine groups is 1. The van der Waals surface area contributed by atoms with Crippen molar-refractivity contribution in [2.75, 3.05) is 0 Å². The SMILES string of the molecule is O=C(C=Cc1ccccc1Cl)NNC(=O)c1ccc([N+](=O)[O-])cc1. The molecular formula is C16H12ClN3O4. The van der Waals surface area contributed by atoms with Gasteiger partial charge in [-0.3, -0.25) is 30.6 Å². The predicted molar refractivity (Wildman–Crippen MR) is 89.2 cm³/mol. The summed E-state index contributed by atoms with van der Waals surface area (Å²) in [4.78, 5) is 33.5. The van der Waals surface area contributed by atoms with Crippen molar-refractivity contribution >= 4 is 35.2 Å². The van der Waals surface area contributed by atoms with Gasteiger partial charge in [-0.2, -0.15) is 0 Å². The Morgan fingerprint density at radius 3 is 2.33 bits per heavy atom. The number of nitrogens with one attached hydrogen (secondary N) is 2. The number of nitrogens with zero attached hydrogens (tertiary/aromatic N) is 1. The van der Waals surface area contributed by atoms with Crippen molar-refractivity contribution in [2.24, 2.45) is 0 Å². The van der Waals surface area contributed by atoms with E-state index in [2.05, 4.69) is 10.9 Å². The van der Waals surface area contributed by atoms with Gasteiger partial charge in [0, 0.05) is 28.8 Å². The van der Waals surface area contributed by atoms with Gasteiger partial charge in [0.05, 0.1) is 4.92 Å². The van der Waals surface area contributed by atoms with Crippen LogP contribution in [-0.2, 0) is 4.79 Å². The fourth-order valence-electron chi connectivity index (χ4n) is 1.74. The molecule has 0 saturated carbocycles. The molecule has 0 aliphatic carbocycles. The zero-order chi connectivity index (χ0) is 17.5. The molecule has 0 aromatic heterocycles. The van der Waals surface area contributed by atoms with Gasteiger partial charge in [-0.25, -0.2) is 0 Å². The van der Waals surface area contributed by atoms with E-state index in [0.29, 0.717) is 10.6 Å². The molecule has 0 atom stereocenters. The molecule has 0 heterocycles. The molecule has 2 rings (SSSR count). The molecule has 0 aliphatic rings. The smallest absolute Gasteiger partial charge is 0.268 e. The van der Waals surface area contributed by atoms with Crippen LogP contribution in [-0.4, -0.2) is 16.7 Å². The van der Waals surface area contributed by atoms with Gasteiger partial charge in [0.1, 0.15) is 0 Å². The average molecular weight is 346 g/mol. The zero-order valence-corrected chi connectivity index (χ0v) is 13.0. The van der Waals surface area contributed by atoms with Gasteiger partial charge < -0.3 is 0 Å². The number of amides is 2. The standard InChI is InChI=1S/C16H12ClN3O4/c17-14-4-2-1-3-11(14)7-10-15(21)18-19-16(22)12-5-8-13(9-6-12)20(23)24/h1-10H,(H,18,21)(H,19,22). The van der Waals surface area contributed by atoms with Crippen LogP contribution in [0.15, 0.2) is 54.6 Å². The van der Waals surface area contributed by atoms with Crippen LogP contribution < -0.4 is 10.9 Å². The topological polar surface area (TPSA) is 101 Å². The number of non-ortho nitro benzene ring substituents is 1. The molecule has 2 aromatic rings. The number of rotatable bonds is 4. The van der Waals surface area contributed by atoms with E-state index in [-0.39, 0.29) is 11.3 Å². The van der Waals surface area contributed by atoms with Crippen molar-refractivity contribution in [1.29, 1.82) is 0 Å². The van der Waals surface area contributed by atoms with Gasteiger partial charge in [-0.15, -0.1) is 0 Å². The number of carbonyl (C=O) groups excluding carboxylic acids is 2. The highest BCUT2D eigenvalue weighted by Crippen LogP contribution is 2.16. The number of hydrogen-bond donors (Lipinski definition) is 2. The van der Waals surface area contributed by atoms with Crippen molar-refractivity contribution in [3.05, 3.63) is 80.9 Å². The van der Waals surface area contributed by atoms with E-state index in [1.165, 1.54) is 36.4 Å². The first kappa shape index (κ1) is 17.2. The third kappa shape index (κ3) is 4.65. The third-order valence-electron chi connectivity index (χ3n) is 2.96. The van der Waals surface area contributed by atoms with Crippen molar-refractivity contribution in [3.63, 3.8) is 0 Å². The minimum absolute atomic E-state index is 0.127. The molecule has 7 nitrogen and oxygen atoms in total. The van der Waals surface area contributed by atoms with Crippen molar-refractivity contribution in [1.82, 2.24) is 10.9 Å². The highest BCUT2D eigenvalue weighted by atomic mass is 35.5. The van der Waals surface area contributed by atoms with Gasteiger partial charge in [0.2, 0.25) is 0 Å². The Morgan fingerprint density at radius 2 is 1.71 bits per heavy atom. The maximum atomic E-state index is 11.8. The van der Waals surface area contributed by atoms with Crippen molar-refractivity contribution in [2.45, 2.75) is 0 Å². The molecule has 2 amide bonds. The molecule has 2 aromatic carbocycles. The molecule has 0 saturated heterocycles. The summed E-state index contributed by atoms with van der Waals surface area (Å²) in [5, 5.41) is 11.0. The molecule has 0 radical (unpaired) electrons. The molecule has 8 heteroatoms. The molecule has 0 bridgehead atoms. The second-order valence-corrected chi connectivity index (χ2v) is 5.01. The van der Waals surface area contributed by atoms with Gasteiger partial charge in [0.25, 0.3) is 17.5 Å². The van der Waals surface area contributed by atoms with Crippen LogP contribution >= 0.6 is 11.6 Å². The van der Waals surface area contributed by atoms with Crippen molar-refractivity contribution in [3.8, 4) is 0 Å². The number of hydrogen-bond acceptors (Lipinski definition) is 4. The van der Waals surface area contributed by atoms with Gasteiger partial charge >= 0.3 is 0 Å². The van der Waals surface area contributed by atoms with Gasteiger partial charge in [-0.05, 0) is 29.8 Å². The number of benzene rings is 2. The Hall–Kier alpha value is -3.19. The summed E-state index contributed by atoms with van der Waals surface area (Å²) in [6.07, 6.45) is 2.73. The highest BCUT2D eigenvalue weighted by molar-refractivity contribution is 6.32. The van der Waals surface area contributed by atoms with E-state index in [4.69, 9.17) is 11.6 Å². The number of halogens is 1. The number of nitro benzene ring substituents is 1. The first-order valence-electron chi connectivity index (χ1n) is 6.75. The summed E-state index contributed by atoms with van der Waals surface area (Å²) in [6.45, 7) is 0. The fraction of sp³-hybridized carbons (Fsp3) is 0. The quantitative estimate of drug-likeness (QED) is 0.505. The van der Waals surface area contributed by atoms with E-state index < -0.39 is 16.7 Å². The molecule has 2 N–H and O–H groups in total. The molecule has 0 unspecified atom stereocenters. The van der Waals surface area contributed by atoms with Crippen LogP contribution in [0.5, 0.6) is 0 Å². The first-order valence-corrected chi connectivity index (χ1v) is 7.12. The van der Waals surface area contributed by atoms with Crippen LogP contribution in [0.1, 0.15) is 15.9 Å². The second kappa shape index (κ2) is 7.89. The van der Waals surface area contributed by atoms with E-state index >= 15 is 0 Å². The maximum Gasteiger partial charge on any atom is 0.269 e. The van der Waals surface area contributed by atoms with E-state index in [1.54, 1.807) is 24.3 Å². The minimum Gasteiger partial charge on any atom is -0.268 e. The van der Waals surface area contributed by atoms with Crippen LogP contribution in [0, 0.1) is 10.1 Å². The lowest BCUT2D eigenvalue weighted by Crippen LogP contribution is -2.40. The van der Waals surface area contributed by atoms with E-state index in [9.17, 15) is 19.7 Å². The number of nitro groups is 1. The Kier molecular flexibility index (Phi) is 5.64. The van der Waals surface area contributed by atoms with E-state index in [1.807, 2.05) is 0 Å². The minimum atomic E-state index is -0.593. The Labute approximate surface area is 142 Å². The van der Waals surface area contributed by atoms with Crippen molar-refractivity contribution < 1.29 is 14.5 Å². The van der Waals surface area contributed by atoms with E-state index in [0.717, 1.165) is 0 Å². The maximum absolute atomic E-state index is 11.8. The fourth-order valence-corrected chi connectivity index (χ4v) is 1.94. The lowest BCUT2D eigenvalue weighted by molar-refractivity contribution is -0.384. The molecule has 122 valence electrons. The summed E-state index contributed by atoms with van der Waals surface area (Å²) in [7, 11) is 0.